The van der Waals surface area contributed by atoms with Crippen molar-refractivity contribution in [2.45, 2.75) is 0 Å². The summed E-state index contributed by atoms with van der Waals surface area (Å²) in [5.41, 5.74) is -1.73. The Bertz CT molecular complexity index is 1510. The van der Waals surface area contributed by atoms with Crippen LogP contribution in [-0.2, 0) is 0 Å². The van der Waals surface area contributed by atoms with Gasteiger partial charge in [0.05, 0.1) is 45.3 Å². The van der Waals surface area contributed by atoms with E-state index >= 15 is 0 Å². The molecule has 5 rings (SSSR count). The van der Waals surface area contributed by atoms with Crippen LogP contribution < -0.4 is 22.2 Å². The van der Waals surface area contributed by atoms with Gasteiger partial charge in [-0.05, 0) is 46.3 Å². The second-order valence-corrected chi connectivity index (χ2v) is 7.14. The molecule has 0 saturated heterocycles. The molecule has 4 heterocycles. The van der Waals surface area contributed by atoms with E-state index in [0.717, 1.165) is 9.13 Å². The fourth-order valence-corrected chi connectivity index (χ4v) is 4.26. The van der Waals surface area contributed by atoms with E-state index in [9.17, 15) is 19.2 Å². The van der Waals surface area contributed by atoms with Gasteiger partial charge in [-0.3, -0.25) is 29.1 Å². The fraction of sp³-hybridized carbons (Fsp3) is 0. The molecule has 8 nitrogen and oxygen atoms in total. The van der Waals surface area contributed by atoms with Crippen molar-refractivity contribution in [3.05, 3.63) is 101 Å². The van der Waals surface area contributed by atoms with Crippen LogP contribution in [0, 0.1) is 0 Å². The second-order valence-electron chi connectivity index (χ2n) is 6.35. The Morgan fingerprint density at radius 1 is 0.690 bits per heavy atom. The molecule has 1 aromatic carbocycles. The zero-order valence-electron chi connectivity index (χ0n) is 14.5. The normalized spacial score (nSPS) is 11.5. The molecule has 0 bridgehead atoms. The summed E-state index contributed by atoms with van der Waals surface area (Å²) in [5.74, 6) is 0. The Labute approximate surface area is 169 Å². The molecule has 0 aliphatic carbocycles. The van der Waals surface area contributed by atoms with Gasteiger partial charge in [0.15, 0.2) is 0 Å². The second kappa shape index (κ2) is 6.14. The van der Waals surface area contributed by atoms with E-state index in [1.807, 2.05) is 0 Å². The Kier molecular flexibility index (Phi) is 3.68. The van der Waals surface area contributed by atoms with Crippen molar-refractivity contribution in [3.63, 3.8) is 0 Å². The summed E-state index contributed by atoms with van der Waals surface area (Å²) >= 11 is 3.29. The summed E-state index contributed by atoms with van der Waals surface area (Å²) in [6, 6.07) is 7.68. The minimum atomic E-state index is -0.590. The van der Waals surface area contributed by atoms with Gasteiger partial charge >= 0.3 is 0 Å². The molecule has 0 N–H and O–H groups in total. The van der Waals surface area contributed by atoms with Crippen molar-refractivity contribution in [1.29, 1.82) is 0 Å². The van der Waals surface area contributed by atoms with E-state index in [1.54, 1.807) is 24.3 Å². The molecule has 0 fully saturated rings. The average molecular weight is 449 g/mol. The van der Waals surface area contributed by atoms with Crippen LogP contribution in [0.5, 0.6) is 0 Å². The number of fused-ring (bicyclic) bond motifs is 2. The van der Waals surface area contributed by atoms with E-state index < -0.39 is 22.2 Å². The topological polar surface area (TPSA) is 104 Å². The number of hydrogen-bond acceptors (Lipinski definition) is 6. The number of nitrogens with zero attached hydrogens (tertiary/aromatic N) is 4. The van der Waals surface area contributed by atoms with Crippen molar-refractivity contribution >= 4 is 37.5 Å². The fourth-order valence-electron chi connectivity index (χ4n) is 3.50. The molecule has 4 aromatic heterocycles. The Hall–Kier alpha value is -3.72. The van der Waals surface area contributed by atoms with Crippen LogP contribution in [0.15, 0.2) is 78.8 Å². The van der Waals surface area contributed by atoms with Gasteiger partial charge in [-0.15, -0.1) is 0 Å². The number of hydrogen-bond donors (Lipinski definition) is 0. The highest BCUT2D eigenvalue weighted by Gasteiger charge is 2.24. The van der Waals surface area contributed by atoms with E-state index in [0.29, 0.717) is 11.4 Å². The lowest BCUT2D eigenvalue weighted by Gasteiger charge is -1.98. The number of halogens is 1. The SMILES string of the molecule is O=c1c2cc3c(=O)n(-c4cccnc4)c(=O)c3c(Br)c2c(=O)n1-c1cccnc1. The first-order valence-electron chi connectivity index (χ1n) is 8.45. The molecule has 0 atom stereocenters. The number of rotatable bonds is 2. The molecule has 0 aliphatic heterocycles. The lowest BCUT2D eigenvalue weighted by Crippen LogP contribution is -2.24. The zero-order valence-corrected chi connectivity index (χ0v) is 16.1. The lowest BCUT2D eigenvalue weighted by atomic mass is 10.1. The summed E-state index contributed by atoms with van der Waals surface area (Å²) in [6.45, 7) is 0. The third-order valence-corrected chi connectivity index (χ3v) is 5.57. The van der Waals surface area contributed by atoms with Crippen LogP contribution in [0.3, 0.4) is 0 Å². The lowest BCUT2D eigenvalue weighted by molar-refractivity contribution is 0.975. The molecular formula is C20H9BrN4O4. The van der Waals surface area contributed by atoms with Crippen molar-refractivity contribution in [2.75, 3.05) is 0 Å². The predicted octanol–water partition coefficient (Wildman–Crippen LogP) is 1.44. The minimum Gasteiger partial charge on any atom is -0.268 e. The highest BCUT2D eigenvalue weighted by molar-refractivity contribution is 9.10. The van der Waals surface area contributed by atoms with E-state index in [-0.39, 0.29) is 26.0 Å². The van der Waals surface area contributed by atoms with Crippen LogP contribution in [-0.4, -0.2) is 19.1 Å². The summed E-state index contributed by atoms with van der Waals surface area (Å²) < 4.78 is 2.08. The molecule has 5 aromatic rings. The maximum absolute atomic E-state index is 13.0. The molecule has 0 unspecified atom stereocenters. The van der Waals surface area contributed by atoms with Gasteiger partial charge in [0.1, 0.15) is 0 Å². The standard InChI is InChI=1S/C20H9BrN4O4/c21-16-14-12(17(26)24(19(14)28)10-3-1-5-22-8-10)7-13-15(16)20(29)25(18(13)27)11-4-2-6-23-9-11/h1-9H. The summed E-state index contributed by atoms with van der Waals surface area (Å²) in [6.07, 6.45) is 5.83. The van der Waals surface area contributed by atoms with Crippen molar-refractivity contribution in [1.82, 2.24) is 19.1 Å². The van der Waals surface area contributed by atoms with E-state index in [2.05, 4.69) is 25.9 Å². The Balaban J connectivity index is 1.95. The molecule has 0 saturated carbocycles. The summed E-state index contributed by atoms with van der Waals surface area (Å²) in [5, 5.41) is 0.205. The van der Waals surface area contributed by atoms with Crippen LogP contribution in [0.25, 0.3) is 32.9 Å². The van der Waals surface area contributed by atoms with Gasteiger partial charge < -0.3 is 0 Å². The van der Waals surface area contributed by atoms with E-state index in [4.69, 9.17) is 0 Å². The zero-order chi connectivity index (χ0) is 20.3. The van der Waals surface area contributed by atoms with Crippen molar-refractivity contribution in [3.8, 4) is 11.4 Å². The van der Waals surface area contributed by atoms with E-state index in [1.165, 1.54) is 30.9 Å². The maximum atomic E-state index is 13.0. The summed E-state index contributed by atoms with van der Waals surface area (Å²) in [4.78, 5) is 59.7. The van der Waals surface area contributed by atoms with Gasteiger partial charge in [0, 0.05) is 16.9 Å². The van der Waals surface area contributed by atoms with Gasteiger partial charge in [-0.25, -0.2) is 9.13 Å². The van der Waals surface area contributed by atoms with Crippen LogP contribution in [0.2, 0.25) is 0 Å². The number of pyridine rings is 2. The molecule has 29 heavy (non-hydrogen) atoms. The highest BCUT2D eigenvalue weighted by atomic mass is 79.9. The molecule has 0 aliphatic rings. The first kappa shape index (κ1) is 17.4. The van der Waals surface area contributed by atoms with Gasteiger partial charge in [0.2, 0.25) is 0 Å². The molecule has 0 amide bonds. The average Bonchev–Trinajstić information content (AvgIpc) is 3.14. The van der Waals surface area contributed by atoms with Gasteiger partial charge in [-0.2, -0.15) is 0 Å². The van der Waals surface area contributed by atoms with Crippen LogP contribution in [0.4, 0.5) is 0 Å². The van der Waals surface area contributed by atoms with Crippen LogP contribution >= 0.6 is 15.9 Å². The Morgan fingerprint density at radius 3 is 1.52 bits per heavy atom. The monoisotopic (exact) mass is 448 g/mol. The Morgan fingerprint density at radius 2 is 1.14 bits per heavy atom. The largest absolute Gasteiger partial charge is 0.268 e. The molecule has 0 radical (unpaired) electrons. The van der Waals surface area contributed by atoms with Crippen LogP contribution in [0.1, 0.15) is 0 Å². The number of aromatic nitrogens is 4. The van der Waals surface area contributed by atoms with Gasteiger partial charge in [-0.1, -0.05) is 0 Å². The predicted molar refractivity (Wildman–Crippen MR) is 111 cm³/mol. The molecular weight excluding hydrogens is 440 g/mol. The first-order valence-corrected chi connectivity index (χ1v) is 9.24. The van der Waals surface area contributed by atoms with Crippen molar-refractivity contribution in [2.24, 2.45) is 0 Å². The highest BCUT2D eigenvalue weighted by Crippen LogP contribution is 2.27. The molecule has 140 valence electrons. The number of benzene rings is 1. The maximum Gasteiger partial charge on any atom is 0.267 e. The summed E-state index contributed by atoms with van der Waals surface area (Å²) in [7, 11) is 0. The van der Waals surface area contributed by atoms with Crippen molar-refractivity contribution < 1.29 is 0 Å². The molecule has 9 heteroatoms. The van der Waals surface area contributed by atoms with Gasteiger partial charge in [0.25, 0.3) is 22.2 Å². The molecule has 0 spiro atoms. The first-order chi connectivity index (χ1) is 14.0. The quantitative estimate of drug-likeness (QED) is 0.404. The third-order valence-electron chi connectivity index (χ3n) is 4.78. The third kappa shape index (κ3) is 2.31. The smallest absolute Gasteiger partial charge is 0.267 e. The minimum absolute atomic E-state index is 0.0480.